The van der Waals surface area contributed by atoms with Crippen LogP contribution in [0, 0.1) is 11.6 Å². The topological polar surface area (TPSA) is 109 Å². The number of aromatic amines is 1. The number of nitrogens with one attached hydrogen (secondary N) is 1. The smallest absolute Gasteiger partial charge is 0.407 e. The van der Waals surface area contributed by atoms with Crippen molar-refractivity contribution in [2.45, 2.75) is 6.10 Å². The van der Waals surface area contributed by atoms with Crippen molar-refractivity contribution in [3.8, 4) is 22.5 Å². The number of hydrogen-bond acceptors (Lipinski definition) is 5. The fourth-order valence-electron chi connectivity index (χ4n) is 3.87. The molecule has 1 aliphatic rings. The van der Waals surface area contributed by atoms with Crippen LogP contribution in [0.3, 0.4) is 0 Å². The van der Waals surface area contributed by atoms with E-state index < -0.39 is 23.8 Å². The number of carboxylic acid groups (broad SMARTS) is 1. The number of fused-ring (bicyclic) bond motifs is 1. The van der Waals surface area contributed by atoms with Crippen molar-refractivity contribution in [2.24, 2.45) is 7.05 Å². The largest absolute Gasteiger partial charge is 0.465 e. The zero-order chi connectivity index (χ0) is 22.4. The van der Waals surface area contributed by atoms with Gasteiger partial charge in [-0.1, -0.05) is 0 Å². The molecule has 2 N–H and O–H groups in total. The molecule has 9 nitrogen and oxygen atoms in total. The Morgan fingerprint density at radius 1 is 1.25 bits per heavy atom. The van der Waals surface area contributed by atoms with E-state index in [1.807, 2.05) is 0 Å². The van der Waals surface area contributed by atoms with Gasteiger partial charge in [-0.25, -0.2) is 13.6 Å². The summed E-state index contributed by atoms with van der Waals surface area (Å²) in [4.78, 5) is 16.6. The molecule has 5 rings (SSSR count). The zero-order valence-electron chi connectivity index (χ0n) is 16.9. The van der Waals surface area contributed by atoms with E-state index in [4.69, 9.17) is 4.74 Å². The Bertz CT molecular complexity index is 1310. The number of pyridine rings is 1. The number of hydrogen-bond donors (Lipinski definition) is 2. The maximum Gasteiger partial charge on any atom is 0.407 e. The van der Waals surface area contributed by atoms with Gasteiger partial charge in [-0.15, -0.1) is 0 Å². The molecule has 32 heavy (non-hydrogen) atoms. The minimum absolute atomic E-state index is 0.00125. The van der Waals surface area contributed by atoms with E-state index in [9.17, 15) is 9.90 Å². The molecule has 0 aliphatic carbocycles. The predicted octanol–water partition coefficient (Wildman–Crippen LogP) is 3.35. The van der Waals surface area contributed by atoms with E-state index in [0.29, 0.717) is 16.6 Å². The van der Waals surface area contributed by atoms with E-state index in [1.54, 1.807) is 30.2 Å². The molecule has 0 spiro atoms. The Hall–Kier alpha value is -3.86. The van der Waals surface area contributed by atoms with Crippen LogP contribution in [-0.2, 0) is 11.8 Å². The Morgan fingerprint density at radius 2 is 2.03 bits per heavy atom. The van der Waals surface area contributed by atoms with Gasteiger partial charge in [0.25, 0.3) is 0 Å². The number of aromatic nitrogens is 5. The molecule has 1 atom stereocenters. The van der Waals surface area contributed by atoms with Gasteiger partial charge < -0.3 is 14.7 Å². The second-order valence-corrected chi connectivity index (χ2v) is 7.54. The van der Waals surface area contributed by atoms with Gasteiger partial charge in [0.05, 0.1) is 42.3 Å². The summed E-state index contributed by atoms with van der Waals surface area (Å²) in [5.74, 6) is -1.62. The third-order valence-electron chi connectivity index (χ3n) is 5.45. The van der Waals surface area contributed by atoms with Crippen LogP contribution in [0.2, 0.25) is 0 Å². The summed E-state index contributed by atoms with van der Waals surface area (Å²) in [5.41, 5.74) is 2.04. The molecule has 1 aromatic carbocycles. The molecular weight excluding hydrogens is 422 g/mol. The van der Waals surface area contributed by atoms with Crippen LogP contribution < -0.4 is 0 Å². The summed E-state index contributed by atoms with van der Waals surface area (Å²) in [5, 5.41) is 21.1. The van der Waals surface area contributed by atoms with E-state index in [1.165, 1.54) is 6.20 Å². The van der Waals surface area contributed by atoms with Gasteiger partial charge in [0, 0.05) is 30.7 Å². The monoisotopic (exact) mass is 440 g/mol. The van der Waals surface area contributed by atoms with Crippen molar-refractivity contribution >= 4 is 17.0 Å². The number of carbonyl (C=O) groups is 1. The first kappa shape index (κ1) is 20.1. The number of H-pyrrole nitrogens is 1. The molecule has 1 amide bonds. The maximum absolute atomic E-state index is 15.1. The zero-order valence-corrected chi connectivity index (χ0v) is 16.9. The number of rotatable bonds is 3. The molecule has 0 bridgehead atoms. The first-order valence-corrected chi connectivity index (χ1v) is 9.82. The SMILES string of the molecule is Cn1cc(-c2n[nH]c3cnc(-c4c(F)cc(C5CN(C(=O)O)CCO5)cc4F)cc23)cn1. The van der Waals surface area contributed by atoms with E-state index in [0.717, 1.165) is 22.6 Å². The Labute approximate surface area is 180 Å². The number of morpholine rings is 1. The minimum atomic E-state index is -1.10. The molecule has 1 aliphatic heterocycles. The van der Waals surface area contributed by atoms with Gasteiger partial charge in [0.1, 0.15) is 23.4 Å². The normalized spacial score (nSPS) is 16.6. The summed E-state index contributed by atoms with van der Waals surface area (Å²) >= 11 is 0. The number of aryl methyl sites for hydroxylation is 1. The predicted molar refractivity (Wildman–Crippen MR) is 110 cm³/mol. The fraction of sp³-hybridized carbons (Fsp3) is 0.238. The van der Waals surface area contributed by atoms with Crippen molar-refractivity contribution < 1.29 is 23.4 Å². The maximum atomic E-state index is 15.1. The van der Waals surface area contributed by atoms with Crippen LogP contribution in [0.1, 0.15) is 11.7 Å². The number of halogens is 2. The summed E-state index contributed by atoms with van der Waals surface area (Å²) < 4.78 is 37.3. The molecule has 0 radical (unpaired) electrons. The molecule has 4 aromatic rings. The first-order chi connectivity index (χ1) is 15.4. The van der Waals surface area contributed by atoms with Crippen LogP contribution >= 0.6 is 0 Å². The average molecular weight is 440 g/mol. The highest BCUT2D eigenvalue weighted by molar-refractivity contribution is 5.94. The van der Waals surface area contributed by atoms with Crippen LogP contribution in [0.5, 0.6) is 0 Å². The third-order valence-corrected chi connectivity index (χ3v) is 5.45. The standard InChI is InChI=1S/C21H18F2N6O3/c1-28-9-12(7-25-28)20-13-6-16(24-8-17(13)26-27-20)19-14(22)4-11(5-15(19)23)18-10-29(21(30)31)2-3-32-18/h4-9,18H,2-3,10H2,1H3,(H,26,27)(H,30,31). The highest BCUT2D eigenvalue weighted by atomic mass is 19.1. The summed E-state index contributed by atoms with van der Waals surface area (Å²) in [6.07, 6.45) is 3.06. The molecule has 164 valence electrons. The Morgan fingerprint density at radius 3 is 2.72 bits per heavy atom. The van der Waals surface area contributed by atoms with Gasteiger partial charge >= 0.3 is 6.09 Å². The van der Waals surface area contributed by atoms with Crippen molar-refractivity contribution in [3.63, 3.8) is 0 Å². The second kappa shape index (κ2) is 7.68. The van der Waals surface area contributed by atoms with E-state index in [2.05, 4.69) is 20.3 Å². The van der Waals surface area contributed by atoms with Crippen LogP contribution in [0.25, 0.3) is 33.4 Å². The second-order valence-electron chi connectivity index (χ2n) is 7.54. The van der Waals surface area contributed by atoms with E-state index in [-0.39, 0.29) is 36.5 Å². The molecule has 11 heteroatoms. The van der Waals surface area contributed by atoms with Gasteiger partial charge in [-0.2, -0.15) is 10.2 Å². The van der Waals surface area contributed by atoms with Crippen LogP contribution in [-0.4, -0.2) is 60.8 Å². The van der Waals surface area contributed by atoms with Gasteiger partial charge in [0.2, 0.25) is 0 Å². The fourth-order valence-corrected chi connectivity index (χ4v) is 3.87. The van der Waals surface area contributed by atoms with E-state index >= 15 is 8.78 Å². The number of benzene rings is 1. The highest BCUT2D eigenvalue weighted by Crippen LogP contribution is 2.33. The third kappa shape index (κ3) is 3.46. The summed E-state index contributed by atoms with van der Waals surface area (Å²) in [6, 6.07) is 3.90. The lowest BCUT2D eigenvalue weighted by Gasteiger charge is -2.31. The molecular formula is C21H18F2N6O3. The summed E-state index contributed by atoms with van der Waals surface area (Å²) in [7, 11) is 1.78. The van der Waals surface area contributed by atoms with Crippen LogP contribution in [0.15, 0.2) is 36.8 Å². The minimum Gasteiger partial charge on any atom is -0.465 e. The molecule has 1 unspecified atom stereocenters. The van der Waals surface area contributed by atoms with Gasteiger partial charge in [-0.3, -0.25) is 14.8 Å². The van der Waals surface area contributed by atoms with Crippen molar-refractivity contribution in [1.29, 1.82) is 0 Å². The lowest BCUT2D eigenvalue weighted by Crippen LogP contribution is -2.41. The molecule has 4 heterocycles. The molecule has 1 fully saturated rings. The quantitative estimate of drug-likeness (QED) is 0.506. The van der Waals surface area contributed by atoms with Gasteiger partial charge in [-0.05, 0) is 23.8 Å². The van der Waals surface area contributed by atoms with Crippen molar-refractivity contribution in [1.82, 2.24) is 29.9 Å². The Balaban J connectivity index is 1.53. The lowest BCUT2D eigenvalue weighted by atomic mass is 10.0. The van der Waals surface area contributed by atoms with Crippen molar-refractivity contribution in [2.75, 3.05) is 19.7 Å². The number of amides is 1. The average Bonchev–Trinajstić information content (AvgIpc) is 3.39. The molecule has 3 aromatic heterocycles. The van der Waals surface area contributed by atoms with Gasteiger partial charge in [0.15, 0.2) is 0 Å². The number of ether oxygens (including phenoxy) is 1. The first-order valence-electron chi connectivity index (χ1n) is 9.82. The highest BCUT2D eigenvalue weighted by Gasteiger charge is 2.27. The lowest BCUT2D eigenvalue weighted by molar-refractivity contribution is -0.0234. The summed E-state index contributed by atoms with van der Waals surface area (Å²) in [6.45, 7) is 0.363. The molecule has 0 saturated carbocycles. The van der Waals surface area contributed by atoms with Crippen LogP contribution in [0.4, 0.5) is 13.6 Å². The number of nitrogens with zero attached hydrogens (tertiary/aromatic N) is 5. The molecule has 1 saturated heterocycles. The van der Waals surface area contributed by atoms with Crippen molar-refractivity contribution in [3.05, 3.63) is 54.0 Å². The Kier molecular flexibility index (Phi) is 4.82.